The molecule has 0 aromatic heterocycles. The fourth-order valence-electron chi connectivity index (χ4n) is 1.96. The van der Waals surface area contributed by atoms with Crippen LogP contribution in [-0.2, 0) is 0 Å². The summed E-state index contributed by atoms with van der Waals surface area (Å²) in [6, 6.07) is 0. The molecule has 0 saturated carbocycles. The SMILES string of the molecule is FC1(F)CCNCC1CN1CCC1. The normalized spacial score (nSPS) is 34.2. The van der Waals surface area contributed by atoms with Gasteiger partial charge in [0.05, 0.1) is 0 Å². The van der Waals surface area contributed by atoms with Gasteiger partial charge in [-0.3, -0.25) is 0 Å². The Hall–Kier alpha value is -0.220. The largest absolute Gasteiger partial charge is 0.316 e. The number of hydrogen-bond donors (Lipinski definition) is 1. The third-order valence-electron chi connectivity index (χ3n) is 3.05. The molecule has 13 heavy (non-hydrogen) atoms. The summed E-state index contributed by atoms with van der Waals surface area (Å²) in [7, 11) is 0. The van der Waals surface area contributed by atoms with Crippen molar-refractivity contribution in [2.75, 3.05) is 32.7 Å². The van der Waals surface area contributed by atoms with Crippen LogP contribution in [0.25, 0.3) is 0 Å². The minimum atomic E-state index is -2.44. The standard InChI is InChI=1S/C9H16F2N2/c10-9(11)2-3-12-6-8(9)7-13-4-1-5-13/h8,12H,1-7H2. The lowest BCUT2D eigenvalue weighted by atomic mass is 9.93. The van der Waals surface area contributed by atoms with E-state index in [9.17, 15) is 8.78 Å². The molecule has 0 aromatic rings. The first-order valence-corrected chi connectivity index (χ1v) is 4.99. The Morgan fingerprint density at radius 1 is 1.38 bits per heavy atom. The fraction of sp³-hybridized carbons (Fsp3) is 1.00. The van der Waals surface area contributed by atoms with Gasteiger partial charge in [0.15, 0.2) is 0 Å². The smallest absolute Gasteiger partial charge is 0.254 e. The van der Waals surface area contributed by atoms with E-state index in [1.165, 1.54) is 6.42 Å². The average molecular weight is 190 g/mol. The average Bonchev–Trinajstić information content (AvgIpc) is 1.98. The first kappa shape index (κ1) is 9.34. The van der Waals surface area contributed by atoms with E-state index in [1.807, 2.05) is 0 Å². The van der Waals surface area contributed by atoms with Crippen molar-refractivity contribution in [1.82, 2.24) is 10.2 Å². The van der Waals surface area contributed by atoms with Crippen molar-refractivity contribution in [3.63, 3.8) is 0 Å². The van der Waals surface area contributed by atoms with Gasteiger partial charge in [0.25, 0.3) is 5.92 Å². The highest BCUT2D eigenvalue weighted by Gasteiger charge is 2.42. The van der Waals surface area contributed by atoms with Crippen LogP contribution in [0.2, 0.25) is 0 Å². The van der Waals surface area contributed by atoms with Crippen molar-refractivity contribution >= 4 is 0 Å². The van der Waals surface area contributed by atoms with Crippen LogP contribution in [0.5, 0.6) is 0 Å². The van der Waals surface area contributed by atoms with Gasteiger partial charge in [0.2, 0.25) is 0 Å². The molecule has 1 N–H and O–H groups in total. The second-order valence-corrected chi connectivity index (χ2v) is 4.07. The monoisotopic (exact) mass is 190 g/mol. The van der Waals surface area contributed by atoms with E-state index in [1.54, 1.807) is 0 Å². The van der Waals surface area contributed by atoms with Gasteiger partial charge < -0.3 is 10.2 Å². The number of nitrogens with one attached hydrogen (secondary N) is 1. The summed E-state index contributed by atoms with van der Waals surface area (Å²) in [5.41, 5.74) is 0. The predicted molar refractivity (Wildman–Crippen MR) is 47.0 cm³/mol. The molecule has 2 saturated heterocycles. The Bertz CT molecular complexity index is 180. The van der Waals surface area contributed by atoms with Gasteiger partial charge in [-0.1, -0.05) is 0 Å². The molecule has 2 aliphatic heterocycles. The Balaban J connectivity index is 1.87. The predicted octanol–water partition coefficient (Wildman–Crippen LogP) is 0.937. The molecule has 0 aromatic carbocycles. The molecule has 2 rings (SSSR count). The molecule has 76 valence electrons. The number of nitrogens with zero attached hydrogens (tertiary/aromatic N) is 1. The Morgan fingerprint density at radius 3 is 2.69 bits per heavy atom. The summed E-state index contributed by atoms with van der Waals surface area (Å²) in [6.45, 7) is 3.52. The van der Waals surface area contributed by atoms with Crippen LogP contribution in [0.4, 0.5) is 8.78 Å². The first-order valence-electron chi connectivity index (χ1n) is 4.99. The molecule has 0 aliphatic carbocycles. The van der Waals surface area contributed by atoms with E-state index in [-0.39, 0.29) is 6.42 Å². The molecular formula is C9H16F2N2. The quantitative estimate of drug-likeness (QED) is 0.697. The molecule has 2 fully saturated rings. The molecule has 0 bridgehead atoms. The highest BCUT2D eigenvalue weighted by molar-refractivity contribution is 4.87. The summed E-state index contributed by atoms with van der Waals surface area (Å²) in [5.74, 6) is -2.91. The van der Waals surface area contributed by atoms with Gasteiger partial charge in [0, 0.05) is 32.0 Å². The topological polar surface area (TPSA) is 15.3 Å². The van der Waals surface area contributed by atoms with Crippen molar-refractivity contribution in [3.05, 3.63) is 0 Å². The molecule has 0 spiro atoms. The van der Waals surface area contributed by atoms with E-state index in [4.69, 9.17) is 0 Å². The first-order chi connectivity index (χ1) is 6.18. The van der Waals surface area contributed by atoms with Crippen molar-refractivity contribution in [3.8, 4) is 0 Å². The Labute approximate surface area is 77.3 Å². The van der Waals surface area contributed by atoms with Crippen molar-refractivity contribution in [1.29, 1.82) is 0 Å². The maximum Gasteiger partial charge on any atom is 0.254 e. The van der Waals surface area contributed by atoms with Gasteiger partial charge in [-0.15, -0.1) is 0 Å². The minimum absolute atomic E-state index is 0.00546. The minimum Gasteiger partial charge on any atom is -0.316 e. The van der Waals surface area contributed by atoms with Crippen LogP contribution in [0.1, 0.15) is 12.8 Å². The van der Waals surface area contributed by atoms with Crippen LogP contribution >= 0.6 is 0 Å². The van der Waals surface area contributed by atoms with Gasteiger partial charge >= 0.3 is 0 Å². The third-order valence-corrected chi connectivity index (χ3v) is 3.05. The van der Waals surface area contributed by atoms with E-state index >= 15 is 0 Å². The highest BCUT2D eigenvalue weighted by atomic mass is 19.3. The maximum absolute atomic E-state index is 13.3. The van der Waals surface area contributed by atoms with Gasteiger partial charge in [-0.2, -0.15) is 0 Å². The maximum atomic E-state index is 13.3. The molecular weight excluding hydrogens is 174 g/mol. The Kier molecular flexibility index (Phi) is 2.51. The van der Waals surface area contributed by atoms with Crippen molar-refractivity contribution < 1.29 is 8.78 Å². The lowest BCUT2D eigenvalue weighted by Crippen LogP contribution is -2.52. The van der Waals surface area contributed by atoms with Crippen LogP contribution in [0, 0.1) is 5.92 Å². The lowest BCUT2D eigenvalue weighted by Gasteiger charge is -2.39. The number of halogens is 2. The zero-order valence-corrected chi connectivity index (χ0v) is 7.73. The summed E-state index contributed by atoms with van der Waals surface area (Å²) in [4.78, 5) is 2.12. The van der Waals surface area contributed by atoms with E-state index in [2.05, 4.69) is 10.2 Å². The molecule has 2 aliphatic rings. The zero-order chi connectivity index (χ0) is 9.31. The summed E-state index contributed by atoms with van der Waals surface area (Å²) >= 11 is 0. The number of likely N-dealkylation sites (tertiary alicyclic amines) is 1. The van der Waals surface area contributed by atoms with Gasteiger partial charge in [-0.25, -0.2) is 8.78 Å². The second kappa shape index (κ2) is 3.50. The molecule has 0 radical (unpaired) electrons. The van der Waals surface area contributed by atoms with Crippen molar-refractivity contribution in [2.24, 2.45) is 5.92 Å². The molecule has 1 atom stereocenters. The number of piperidine rings is 1. The molecule has 2 nitrogen and oxygen atoms in total. The van der Waals surface area contributed by atoms with Crippen LogP contribution in [0.15, 0.2) is 0 Å². The summed E-state index contributed by atoms with van der Waals surface area (Å²) in [5, 5.41) is 3.04. The zero-order valence-electron chi connectivity index (χ0n) is 7.73. The van der Waals surface area contributed by atoms with Crippen LogP contribution < -0.4 is 5.32 Å². The Morgan fingerprint density at radius 2 is 2.15 bits per heavy atom. The van der Waals surface area contributed by atoms with Crippen LogP contribution in [0.3, 0.4) is 0 Å². The van der Waals surface area contributed by atoms with E-state index in [0.29, 0.717) is 19.6 Å². The van der Waals surface area contributed by atoms with Gasteiger partial charge in [0.1, 0.15) is 0 Å². The molecule has 0 amide bonds. The fourth-order valence-corrected chi connectivity index (χ4v) is 1.96. The number of hydrogen-bond acceptors (Lipinski definition) is 2. The second-order valence-electron chi connectivity index (χ2n) is 4.07. The lowest BCUT2D eigenvalue weighted by molar-refractivity contribution is -0.0914. The van der Waals surface area contributed by atoms with Crippen molar-refractivity contribution in [2.45, 2.75) is 18.8 Å². The molecule has 4 heteroatoms. The van der Waals surface area contributed by atoms with E-state index < -0.39 is 11.8 Å². The van der Waals surface area contributed by atoms with Gasteiger partial charge in [-0.05, 0) is 19.5 Å². The summed E-state index contributed by atoms with van der Waals surface area (Å²) < 4.78 is 26.6. The highest BCUT2D eigenvalue weighted by Crippen LogP contribution is 2.31. The third kappa shape index (κ3) is 1.99. The molecule has 2 heterocycles. The summed E-state index contributed by atoms with van der Waals surface area (Å²) in [6.07, 6.45) is 1.18. The van der Waals surface area contributed by atoms with Crippen LogP contribution in [-0.4, -0.2) is 43.5 Å². The number of alkyl halides is 2. The van der Waals surface area contributed by atoms with E-state index in [0.717, 1.165) is 13.1 Å². The molecule has 1 unspecified atom stereocenters. The number of rotatable bonds is 2.